The van der Waals surface area contributed by atoms with E-state index in [0.29, 0.717) is 12.5 Å². The monoisotopic (exact) mass is 363 g/mol. The van der Waals surface area contributed by atoms with Gasteiger partial charge in [0.25, 0.3) is 0 Å². The zero-order valence-corrected chi connectivity index (χ0v) is 16.0. The molecule has 2 amide bonds. The van der Waals surface area contributed by atoms with E-state index >= 15 is 0 Å². The van der Waals surface area contributed by atoms with E-state index in [-0.39, 0.29) is 24.8 Å². The van der Waals surface area contributed by atoms with Crippen LogP contribution in [0.25, 0.3) is 0 Å². The molecule has 8 nitrogen and oxygen atoms in total. The third kappa shape index (κ3) is 3.75. The van der Waals surface area contributed by atoms with Crippen molar-refractivity contribution in [3.63, 3.8) is 0 Å². The van der Waals surface area contributed by atoms with Crippen molar-refractivity contribution in [3.05, 3.63) is 11.9 Å². The van der Waals surface area contributed by atoms with Crippen LogP contribution >= 0.6 is 0 Å². The van der Waals surface area contributed by atoms with Gasteiger partial charge in [0, 0.05) is 31.6 Å². The summed E-state index contributed by atoms with van der Waals surface area (Å²) in [5, 5.41) is 21.3. The Hall–Kier alpha value is -1.96. The minimum Gasteiger partial charge on any atom is -0.391 e. The molecule has 3 atom stereocenters. The Bertz CT molecular complexity index is 677. The Kier molecular flexibility index (Phi) is 5.05. The van der Waals surface area contributed by atoms with Gasteiger partial charge < -0.3 is 15.3 Å². The van der Waals surface area contributed by atoms with E-state index in [1.54, 1.807) is 4.68 Å². The highest BCUT2D eigenvalue weighted by molar-refractivity contribution is 5.90. The normalized spacial score (nSPS) is 24.6. The van der Waals surface area contributed by atoms with Crippen molar-refractivity contribution in [3.8, 4) is 0 Å². The maximum atomic E-state index is 13.4. The number of carbonyl (C=O) groups excluding carboxylic acids is 2. The molecule has 0 bridgehead atoms. The molecular weight excluding hydrogens is 334 g/mol. The van der Waals surface area contributed by atoms with Crippen molar-refractivity contribution in [2.24, 2.45) is 5.41 Å². The van der Waals surface area contributed by atoms with Crippen molar-refractivity contribution in [1.29, 1.82) is 0 Å². The van der Waals surface area contributed by atoms with Crippen molar-refractivity contribution in [1.82, 2.24) is 25.2 Å². The number of rotatable bonds is 5. The summed E-state index contributed by atoms with van der Waals surface area (Å²) in [5.74, 6) is 0.0380. The fraction of sp³-hybridized carbons (Fsp3) is 0.778. The summed E-state index contributed by atoms with van der Waals surface area (Å²) < 4.78 is 1.63. The van der Waals surface area contributed by atoms with Crippen molar-refractivity contribution in [2.45, 2.75) is 71.1 Å². The highest BCUT2D eigenvalue weighted by Gasteiger charge is 2.45. The minimum atomic E-state index is -0.690. The number of hydrogen-bond donors (Lipinski definition) is 2. The summed E-state index contributed by atoms with van der Waals surface area (Å²) in [7, 11) is 0. The third-order valence-corrected chi connectivity index (χ3v) is 5.06. The maximum absolute atomic E-state index is 13.4. The number of carbonyl (C=O) groups is 2. The molecule has 26 heavy (non-hydrogen) atoms. The van der Waals surface area contributed by atoms with Crippen LogP contribution in [0, 0.1) is 5.41 Å². The number of likely N-dealkylation sites (N-methyl/N-ethyl adjacent to an activating group) is 1. The van der Waals surface area contributed by atoms with E-state index in [0.717, 1.165) is 18.5 Å². The van der Waals surface area contributed by atoms with Crippen LogP contribution in [0.3, 0.4) is 0 Å². The van der Waals surface area contributed by atoms with Crippen LogP contribution in [0.4, 0.5) is 0 Å². The van der Waals surface area contributed by atoms with Gasteiger partial charge in [0.15, 0.2) is 0 Å². The van der Waals surface area contributed by atoms with Crippen molar-refractivity contribution < 1.29 is 14.7 Å². The molecule has 1 saturated heterocycles. The molecule has 2 N–H and O–H groups in total. The lowest BCUT2D eigenvalue weighted by Gasteiger charge is -2.34. The SMILES string of the molecule is CCNC(=O)[C@H]1CC(O)CN1C(=O)C(n1cc(C2CC2)nn1)C(C)(C)C. The second-order valence-electron chi connectivity index (χ2n) is 8.46. The van der Waals surface area contributed by atoms with E-state index in [1.807, 2.05) is 33.9 Å². The molecule has 8 heteroatoms. The second-order valence-corrected chi connectivity index (χ2v) is 8.46. The molecule has 2 heterocycles. The van der Waals surface area contributed by atoms with Gasteiger partial charge in [-0.3, -0.25) is 9.59 Å². The van der Waals surface area contributed by atoms with E-state index in [2.05, 4.69) is 15.6 Å². The van der Waals surface area contributed by atoms with Gasteiger partial charge in [-0.05, 0) is 25.2 Å². The van der Waals surface area contributed by atoms with Gasteiger partial charge in [-0.15, -0.1) is 5.10 Å². The summed E-state index contributed by atoms with van der Waals surface area (Å²) in [4.78, 5) is 27.3. The molecule has 0 radical (unpaired) electrons. The van der Waals surface area contributed by atoms with E-state index in [4.69, 9.17) is 0 Å². The smallest absolute Gasteiger partial charge is 0.248 e. The number of aliphatic hydroxyl groups excluding tert-OH is 1. The highest BCUT2D eigenvalue weighted by atomic mass is 16.3. The predicted molar refractivity (Wildman–Crippen MR) is 95.3 cm³/mol. The van der Waals surface area contributed by atoms with Crippen LogP contribution in [0.15, 0.2) is 6.20 Å². The Morgan fingerprint density at radius 3 is 2.65 bits per heavy atom. The number of nitrogens with one attached hydrogen (secondary N) is 1. The first-order chi connectivity index (χ1) is 12.2. The lowest BCUT2D eigenvalue weighted by Crippen LogP contribution is -2.50. The van der Waals surface area contributed by atoms with Gasteiger partial charge in [-0.25, -0.2) is 4.68 Å². The lowest BCUT2D eigenvalue weighted by atomic mass is 9.85. The van der Waals surface area contributed by atoms with E-state index in [9.17, 15) is 14.7 Å². The topological polar surface area (TPSA) is 100 Å². The number of likely N-dealkylation sites (tertiary alicyclic amines) is 1. The number of amides is 2. The Morgan fingerprint density at radius 2 is 2.08 bits per heavy atom. The second kappa shape index (κ2) is 6.98. The van der Waals surface area contributed by atoms with Crippen LogP contribution in [0.2, 0.25) is 0 Å². The molecule has 2 fully saturated rings. The predicted octanol–water partition coefficient (Wildman–Crippen LogP) is 0.841. The third-order valence-electron chi connectivity index (χ3n) is 5.06. The Balaban J connectivity index is 1.87. The molecule has 1 aliphatic heterocycles. The minimum absolute atomic E-state index is 0.164. The van der Waals surface area contributed by atoms with Crippen LogP contribution < -0.4 is 5.32 Å². The molecule has 0 spiro atoms. The van der Waals surface area contributed by atoms with Crippen molar-refractivity contribution >= 4 is 11.8 Å². The van der Waals surface area contributed by atoms with Gasteiger partial charge in [-0.2, -0.15) is 0 Å². The molecule has 0 aromatic carbocycles. The average molecular weight is 363 g/mol. The maximum Gasteiger partial charge on any atom is 0.248 e. The number of nitrogens with zero attached hydrogens (tertiary/aromatic N) is 4. The number of aliphatic hydroxyl groups is 1. The molecule has 3 rings (SSSR count). The van der Waals surface area contributed by atoms with Crippen LogP contribution in [-0.4, -0.2) is 62.0 Å². The van der Waals surface area contributed by atoms with Crippen LogP contribution in [-0.2, 0) is 9.59 Å². The van der Waals surface area contributed by atoms with Gasteiger partial charge in [0.2, 0.25) is 11.8 Å². The summed E-state index contributed by atoms with van der Waals surface area (Å²) in [6.07, 6.45) is 3.66. The molecule has 1 saturated carbocycles. The number of hydrogen-bond acceptors (Lipinski definition) is 5. The number of β-amino-alcohol motifs (C(OH)–C–C–N with tert-alkyl or cyclic N) is 1. The van der Waals surface area contributed by atoms with Crippen LogP contribution in [0.1, 0.15) is 64.6 Å². The first-order valence-electron chi connectivity index (χ1n) is 9.40. The molecule has 1 aliphatic carbocycles. The fourth-order valence-electron chi connectivity index (χ4n) is 3.62. The molecule has 2 aliphatic rings. The van der Waals surface area contributed by atoms with Crippen LogP contribution in [0.5, 0.6) is 0 Å². The molecular formula is C18H29N5O3. The number of aromatic nitrogens is 3. The molecule has 2 unspecified atom stereocenters. The lowest BCUT2D eigenvalue weighted by molar-refractivity contribution is -0.144. The summed E-state index contributed by atoms with van der Waals surface area (Å²) in [6, 6.07) is -1.22. The summed E-state index contributed by atoms with van der Waals surface area (Å²) >= 11 is 0. The quantitative estimate of drug-likeness (QED) is 0.807. The molecule has 1 aromatic rings. The Labute approximate surface area is 153 Å². The Morgan fingerprint density at radius 1 is 1.38 bits per heavy atom. The van der Waals surface area contributed by atoms with Gasteiger partial charge in [0.1, 0.15) is 12.1 Å². The van der Waals surface area contributed by atoms with Crippen molar-refractivity contribution in [2.75, 3.05) is 13.1 Å². The first kappa shape index (κ1) is 18.8. The van der Waals surface area contributed by atoms with Gasteiger partial charge in [-0.1, -0.05) is 26.0 Å². The average Bonchev–Trinajstić information content (AvgIpc) is 3.15. The first-order valence-corrected chi connectivity index (χ1v) is 9.40. The standard InChI is InChI=1S/C18H29N5O3/c1-5-19-16(25)14-8-12(24)9-22(14)17(26)15(18(2,3)4)23-10-13(20-21-23)11-6-7-11/h10-12,14-15,24H,5-9H2,1-4H3,(H,19,25)/t12?,14-,15?/m1/s1. The molecule has 144 valence electrons. The summed E-state index contributed by atoms with van der Waals surface area (Å²) in [5.41, 5.74) is 0.513. The van der Waals surface area contributed by atoms with E-state index < -0.39 is 23.6 Å². The van der Waals surface area contributed by atoms with Gasteiger partial charge in [0.05, 0.1) is 11.8 Å². The highest BCUT2D eigenvalue weighted by Crippen LogP contribution is 2.40. The zero-order valence-electron chi connectivity index (χ0n) is 16.0. The van der Waals surface area contributed by atoms with E-state index in [1.165, 1.54) is 4.90 Å². The van der Waals surface area contributed by atoms with Gasteiger partial charge >= 0.3 is 0 Å². The summed E-state index contributed by atoms with van der Waals surface area (Å²) in [6.45, 7) is 8.41. The molecule has 1 aromatic heterocycles. The largest absolute Gasteiger partial charge is 0.391 e. The fourth-order valence-corrected chi connectivity index (χ4v) is 3.62. The zero-order chi connectivity index (χ0) is 19.1.